The first-order chi connectivity index (χ1) is 15.1. The number of carbonyl (C=O) groups excluding carboxylic acids is 1. The van der Waals surface area contributed by atoms with E-state index in [1.54, 1.807) is 0 Å². The topological polar surface area (TPSA) is 57.3 Å². The van der Waals surface area contributed by atoms with Gasteiger partial charge in [0, 0.05) is 36.1 Å². The molecule has 0 aliphatic heterocycles. The van der Waals surface area contributed by atoms with Crippen LogP contribution in [0.15, 0.2) is 85.2 Å². The Hall–Kier alpha value is -3.70. The molecule has 0 aliphatic carbocycles. The van der Waals surface area contributed by atoms with Crippen molar-refractivity contribution >= 4 is 28.1 Å². The monoisotopic (exact) mass is 410 g/mol. The number of hydrogen-bond acceptors (Lipinski definition) is 4. The highest BCUT2D eigenvalue weighted by Crippen LogP contribution is 2.26. The van der Waals surface area contributed by atoms with Gasteiger partial charge in [0.25, 0.3) is 5.91 Å². The number of nitrogens with one attached hydrogen (secondary N) is 2. The molecule has 156 valence electrons. The largest absolute Gasteiger partial charge is 0.354 e. The van der Waals surface area contributed by atoms with Crippen LogP contribution >= 0.6 is 0 Å². The maximum atomic E-state index is 12.3. The SMILES string of the molecule is CN(C)CCNC(=O)c1ccc(-c2cncc(Nc3ccc4ccccc4c3)c2)cc1. The minimum Gasteiger partial charge on any atom is -0.354 e. The van der Waals surface area contributed by atoms with Crippen LogP contribution in [0.25, 0.3) is 21.9 Å². The molecule has 0 bridgehead atoms. The van der Waals surface area contributed by atoms with E-state index in [2.05, 4.69) is 52.0 Å². The van der Waals surface area contributed by atoms with E-state index in [-0.39, 0.29) is 5.91 Å². The van der Waals surface area contributed by atoms with Crippen molar-refractivity contribution in [2.75, 3.05) is 32.5 Å². The smallest absolute Gasteiger partial charge is 0.251 e. The van der Waals surface area contributed by atoms with Crippen LogP contribution in [-0.2, 0) is 0 Å². The lowest BCUT2D eigenvalue weighted by Crippen LogP contribution is -2.31. The van der Waals surface area contributed by atoms with Crippen molar-refractivity contribution in [1.29, 1.82) is 0 Å². The number of benzene rings is 3. The quantitative estimate of drug-likeness (QED) is 0.453. The highest BCUT2D eigenvalue weighted by Gasteiger charge is 2.07. The Balaban J connectivity index is 1.46. The van der Waals surface area contributed by atoms with Crippen molar-refractivity contribution in [2.24, 2.45) is 0 Å². The van der Waals surface area contributed by atoms with Crippen molar-refractivity contribution in [1.82, 2.24) is 15.2 Å². The summed E-state index contributed by atoms with van der Waals surface area (Å²) in [4.78, 5) is 18.7. The highest BCUT2D eigenvalue weighted by molar-refractivity contribution is 5.94. The number of aromatic nitrogens is 1. The number of anilines is 2. The number of rotatable bonds is 7. The van der Waals surface area contributed by atoms with Crippen LogP contribution in [0.5, 0.6) is 0 Å². The van der Waals surface area contributed by atoms with E-state index in [4.69, 9.17) is 0 Å². The van der Waals surface area contributed by atoms with Crippen LogP contribution in [0.3, 0.4) is 0 Å². The molecule has 1 heterocycles. The van der Waals surface area contributed by atoms with Gasteiger partial charge in [-0.25, -0.2) is 0 Å². The van der Waals surface area contributed by atoms with E-state index >= 15 is 0 Å². The molecule has 5 heteroatoms. The Morgan fingerprint density at radius 1 is 0.839 bits per heavy atom. The average Bonchev–Trinajstić information content (AvgIpc) is 2.79. The summed E-state index contributed by atoms with van der Waals surface area (Å²) in [6.07, 6.45) is 3.64. The van der Waals surface area contributed by atoms with Gasteiger partial charge in [-0.2, -0.15) is 0 Å². The van der Waals surface area contributed by atoms with Gasteiger partial charge >= 0.3 is 0 Å². The Morgan fingerprint density at radius 2 is 1.61 bits per heavy atom. The molecule has 4 aromatic rings. The van der Waals surface area contributed by atoms with Crippen LogP contribution in [0.4, 0.5) is 11.4 Å². The summed E-state index contributed by atoms with van der Waals surface area (Å²) in [5.41, 5.74) is 4.59. The Morgan fingerprint density at radius 3 is 2.39 bits per heavy atom. The van der Waals surface area contributed by atoms with Gasteiger partial charge in [0.15, 0.2) is 0 Å². The van der Waals surface area contributed by atoms with Crippen LogP contribution in [0.2, 0.25) is 0 Å². The maximum Gasteiger partial charge on any atom is 0.251 e. The van der Waals surface area contributed by atoms with Crippen LogP contribution in [0, 0.1) is 0 Å². The number of carbonyl (C=O) groups is 1. The summed E-state index contributed by atoms with van der Waals surface area (Å²) in [5, 5.41) is 8.78. The molecule has 0 atom stereocenters. The predicted octanol–water partition coefficient (Wildman–Crippen LogP) is 4.94. The predicted molar refractivity (Wildman–Crippen MR) is 128 cm³/mol. The lowest BCUT2D eigenvalue weighted by Gasteiger charge is -2.11. The summed E-state index contributed by atoms with van der Waals surface area (Å²) >= 11 is 0. The normalized spacial score (nSPS) is 10.9. The lowest BCUT2D eigenvalue weighted by atomic mass is 10.0. The first-order valence-electron chi connectivity index (χ1n) is 10.3. The second-order valence-corrected chi connectivity index (χ2v) is 7.79. The summed E-state index contributed by atoms with van der Waals surface area (Å²) in [6, 6.07) is 24.3. The standard InChI is InChI=1S/C26H26N4O/c1-30(2)14-13-28-26(31)21-9-7-20(8-10-21)23-16-25(18-27-17-23)29-24-12-11-19-5-3-4-6-22(19)15-24/h3-12,15-18,29H,13-14H2,1-2H3,(H,28,31). The van der Waals surface area contributed by atoms with Crippen molar-refractivity contribution in [3.05, 3.63) is 90.8 Å². The Kier molecular flexibility index (Phi) is 6.24. The number of amides is 1. The number of hydrogen-bond donors (Lipinski definition) is 2. The minimum absolute atomic E-state index is 0.0572. The molecule has 1 amide bonds. The molecule has 2 N–H and O–H groups in total. The van der Waals surface area contributed by atoms with Crippen molar-refractivity contribution in [3.8, 4) is 11.1 Å². The molecule has 0 saturated carbocycles. The number of fused-ring (bicyclic) bond motifs is 1. The first kappa shape index (κ1) is 20.6. The van der Waals surface area contributed by atoms with Crippen molar-refractivity contribution < 1.29 is 4.79 Å². The maximum absolute atomic E-state index is 12.3. The van der Waals surface area contributed by atoms with Gasteiger partial charge in [0.1, 0.15) is 0 Å². The zero-order chi connectivity index (χ0) is 21.6. The summed E-state index contributed by atoms with van der Waals surface area (Å²) in [5.74, 6) is -0.0572. The van der Waals surface area contributed by atoms with Crippen molar-refractivity contribution in [3.63, 3.8) is 0 Å². The fraction of sp³-hybridized carbons (Fsp3) is 0.154. The second kappa shape index (κ2) is 9.41. The van der Waals surface area contributed by atoms with Crippen LogP contribution in [-0.4, -0.2) is 43.0 Å². The molecule has 4 rings (SSSR count). The van der Waals surface area contributed by atoms with Gasteiger partial charge in [0.2, 0.25) is 0 Å². The molecule has 0 radical (unpaired) electrons. The molecule has 0 fully saturated rings. The third-order valence-electron chi connectivity index (χ3n) is 5.10. The van der Waals surface area contributed by atoms with E-state index in [1.165, 1.54) is 10.8 Å². The molecule has 5 nitrogen and oxygen atoms in total. The highest BCUT2D eigenvalue weighted by atomic mass is 16.1. The summed E-state index contributed by atoms with van der Waals surface area (Å²) in [7, 11) is 3.97. The van der Waals surface area contributed by atoms with E-state index in [0.717, 1.165) is 29.0 Å². The molecule has 1 aromatic heterocycles. The Labute approximate surface area is 182 Å². The average molecular weight is 411 g/mol. The Bertz CT molecular complexity index is 1190. The summed E-state index contributed by atoms with van der Waals surface area (Å²) < 4.78 is 0. The molecule has 31 heavy (non-hydrogen) atoms. The van der Waals surface area contributed by atoms with Crippen molar-refractivity contribution in [2.45, 2.75) is 0 Å². The van der Waals surface area contributed by atoms with E-state index in [9.17, 15) is 4.79 Å². The van der Waals surface area contributed by atoms with E-state index in [1.807, 2.05) is 67.8 Å². The molecular formula is C26H26N4O. The van der Waals surface area contributed by atoms with Gasteiger partial charge in [-0.1, -0.05) is 42.5 Å². The van der Waals surface area contributed by atoms with Gasteiger partial charge in [0.05, 0.1) is 11.9 Å². The van der Waals surface area contributed by atoms with E-state index in [0.29, 0.717) is 12.1 Å². The van der Waals surface area contributed by atoms with Gasteiger partial charge in [-0.15, -0.1) is 0 Å². The zero-order valence-corrected chi connectivity index (χ0v) is 17.8. The molecular weight excluding hydrogens is 384 g/mol. The molecule has 0 unspecified atom stereocenters. The van der Waals surface area contributed by atoms with Crippen LogP contribution in [0.1, 0.15) is 10.4 Å². The fourth-order valence-electron chi connectivity index (χ4n) is 3.41. The minimum atomic E-state index is -0.0572. The number of pyridine rings is 1. The van der Waals surface area contributed by atoms with Gasteiger partial charge in [-0.3, -0.25) is 9.78 Å². The summed E-state index contributed by atoms with van der Waals surface area (Å²) in [6.45, 7) is 1.44. The number of likely N-dealkylation sites (N-methyl/N-ethyl adjacent to an activating group) is 1. The third-order valence-corrected chi connectivity index (χ3v) is 5.10. The second-order valence-electron chi connectivity index (χ2n) is 7.79. The van der Waals surface area contributed by atoms with Gasteiger partial charge in [-0.05, 0) is 60.8 Å². The number of nitrogens with zero attached hydrogens (tertiary/aromatic N) is 2. The zero-order valence-electron chi connectivity index (χ0n) is 17.8. The lowest BCUT2D eigenvalue weighted by molar-refractivity contribution is 0.0951. The van der Waals surface area contributed by atoms with Crippen LogP contribution < -0.4 is 10.6 Å². The molecule has 0 saturated heterocycles. The molecule has 3 aromatic carbocycles. The first-order valence-corrected chi connectivity index (χ1v) is 10.3. The fourth-order valence-corrected chi connectivity index (χ4v) is 3.41. The van der Waals surface area contributed by atoms with Gasteiger partial charge < -0.3 is 15.5 Å². The third kappa shape index (κ3) is 5.27. The van der Waals surface area contributed by atoms with E-state index < -0.39 is 0 Å². The molecule has 0 spiro atoms. The molecule has 0 aliphatic rings.